The highest BCUT2D eigenvalue weighted by molar-refractivity contribution is 5.22. The molecule has 1 heterocycles. The first kappa shape index (κ1) is 13.3. The summed E-state index contributed by atoms with van der Waals surface area (Å²) < 4.78 is 1.94. The molecule has 1 N–H and O–H groups in total. The number of pyridine rings is 1. The van der Waals surface area contributed by atoms with Gasteiger partial charge in [-0.3, -0.25) is 4.79 Å². The quantitative estimate of drug-likeness (QED) is 0.875. The molecule has 0 saturated heterocycles. The molecule has 3 heteroatoms. The van der Waals surface area contributed by atoms with Crippen LogP contribution in [0.4, 0.5) is 0 Å². The largest absolute Gasteiger partial charge is 0.391 e. The Bertz CT molecular complexity index is 476. The zero-order valence-electron chi connectivity index (χ0n) is 11.6. The van der Waals surface area contributed by atoms with Crippen molar-refractivity contribution in [2.75, 3.05) is 0 Å². The molecule has 0 amide bonds. The Morgan fingerprint density at radius 2 is 1.89 bits per heavy atom. The average molecular weight is 249 g/mol. The topological polar surface area (TPSA) is 42.2 Å². The second-order valence-electron chi connectivity index (χ2n) is 6.27. The van der Waals surface area contributed by atoms with Crippen molar-refractivity contribution in [2.24, 2.45) is 0 Å². The van der Waals surface area contributed by atoms with Crippen LogP contribution >= 0.6 is 0 Å². The Hall–Kier alpha value is -1.09. The van der Waals surface area contributed by atoms with E-state index in [4.69, 9.17) is 0 Å². The second-order valence-corrected chi connectivity index (χ2v) is 6.27. The third-order valence-corrected chi connectivity index (χ3v) is 3.82. The van der Waals surface area contributed by atoms with Crippen LogP contribution < -0.4 is 5.56 Å². The van der Waals surface area contributed by atoms with Crippen LogP contribution in [0.1, 0.15) is 63.8 Å². The molecule has 1 saturated carbocycles. The van der Waals surface area contributed by atoms with Crippen molar-refractivity contribution < 1.29 is 5.11 Å². The number of aliphatic hydroxyl groups excluding tert-OH is 1. The molecule has 0 unspecified atom stereocenters. The second kappa shape index (κ2) is 4.88. The van der Waals surface area contributed by atoms with Crippen LogP contribution in [0.25, 0.3) is 0 Å². The average Bonchev–Trinajstić information content (AvgIpc) is 2.80. The molecule has 3 nitrogen and oxygen atoms in total. The van der Waals surface area contributed by atoms with Crippen molar-refractivity contribution in [2.45, 2.75) is 64.5 Å². The highest BCUT2D eigenvalue weighted by Gasteiger charge is 2.26. The maximum absolute atomic E-state index is 12.5. The van der Waals surface area contributed by atoms with E-state index >= 15 is 0 Å². The van der Waals surface area contributed by atoms with Gasteiger partial charge in [-0.05, 0) is 25.0 Å². The van der Waals surface area contributed by atoms with Gasteiger partial charge in [-0.2, -0.15) is 0 Å². The van der Waals surface area contributed by atoms with Gasteiger partial charge in [0.15, 0.2) is 0 Å². The number of hydrogen-bond acceptors (Lipinski definition) is 2. The van der Waals surface area contributed by atoms with E-state index in [1.165, 1.54) is 12.8 Å². The fourth-order valence-electron chi connectivity index (χ4n) is 2.85. The molecule has 0 aliphatic heterocycles. The van der Waals surface area contributed by atoms with E-state index in [0.29, 0.717) is 11.6 Å². The molecule has 100 valence electrons. The minimum absolute atomic E-state index is 0.00294. The fourth-order valence-corrected chi connectivity index (χ4v) is 2.85. The van der Waals surface area contributed by atoms with Gasteiger partial charge >= 0.3 is 0 Å². The molecular formula is C15H23NO2. The van der Waals surface area contributed by atoms with E-state index in [9.17, 15) is 9.90 Å². The third kappa shape index (κ3) is 2.37. The van der Waals surface area contributed by atoms with Gasteiger partial charge in [-0.1, -0.05) is 33.6 Å². The molecule has 1 aliphatic carbocycles. The fraction of sp³-hybridized carbons (Fsp3) is 0.667. The summed E-state index contributed by atoms with van der Waals surface area (Å²) in [6.07, 6.45) is 4.56. The van der Waals surface area contributed by atoms with E-state index in [1.54, 1.807) is 6.07 Å². The highest BCUT2D eigenvalue weighted by Crippen LogP contribution is 2.32. The molecule has 1 aromatic heterocycles. The van der Waals surface area contributed by atoms with Crippen molar-refractivity contribution in [1.29, 1.82) is 0 Å². The lowest BCUT2D eigenvalue weighted by atomic mass is 9.90. The minimum atomic E-state index is -0.171. The molecular weight excluding hydrogens is 226 g/mol. The summed E-state index contributed by atoms with van der Waals surface area (Å²) >= 11 is 0. The van der Waals surface area contributed by atoms with Gasteiger partial charge < -0.3 is 9.67 Å². The van der Waals surface area contributed by atoms with Crippen molar-refractivity contribution in [3.8, 4) is 0 Å². The first-order chi connectivity index (χ1) is 8.45. The smallest absolute Gasteiger partial charge is 0.256 e. The van der Waals surface area contributed by atoms with E-state index in [0.717, 1.165) is 18.5 Å². The van der Waals surface area contributed by atoms with Crippen LogP contribution in [-0.4, -0.2) is 9.67 Å². The molecule has 0 spiro atoms. The molecule has 2 rings (SSSR count). The van der Waals surface area contributed by atoms with E-state index in [-0.39, 0.29) is 17.6 Å². The minimum Gasteiger partial charge on any atom is -0.391 e. The third-order valence-electron chi connectivity index (χ3n) is 3.82. The normalized spacial score (nSPS) is 17.3. The van der Waals surface area contributed by atoms with Crippen LogP contribution in [0.15, 0.2) is 16.9 Å². The molecule has 0 atom stereocenters. The Morgan fingerprint density at radius 1 is 1.28 bits per heavy atom. The lowest BCUT2D eigenvalue weighted by molar-refractivity contribution is 0.277. The Kier molecular flexibility index (Phi) is 3.62. The van der Waals surface area contributed by atoms with Gasteiger partial charge in [0.25, 0.3) is 5.56 Å². The molecule has 18 heavy (non-hydrogen) atoms. The Labute approximate surface area is 108 Å². The van der Waals surface area contributed by atoms with E-state index < -0.39 is 0 Å². The van der Waals surface area contributed by atoms with Crippen LogP contribution in [0.5, 0.6) is 0 Å². The lowest BCUT2D eigenvalue weighted by Crippen LogP contribution is -2.33. The zero-order chi connectivity index (χ0) is 13.3. The molecule has 1 aliphatic rings. The first-order valence-electron chi connectivity index (χ1n) is 6.81. The number of aliphatic hydroxyl groups is 1. The van der Waals surface area contributed by atoms with Crippen molar-refractivity contribution in [3.05, 3.63) is 33.7 Å². The van der Waals surface area contributed by atoms with Crippen LogP contribution in [0.3, 0.4) is 0 Å². The van der Waals surface area contributed by atoms with Gasteiger partial charge in [0.1, 0.15) is 0 Å². The maximum Gasteiger partial charge on any atom is 0.256 e. The molecule has 0 radical (unpaired) electrons. The van der Waals surface area contributed by atoms with Crippen molar-refractivity contribution in [1.82, 2.24) is 4.57 Å². The van der Waals surface area contributed by atoms with Crippen molar-refractivity contribution in [3.63, 3.8) is 0 Å². The summed E-state index contributed by atoms with van der Waals surface area (Å²) in [6, 6.07) is 4.10. The summed E-state index contributed by atoms with van der Waals surface area (Å²) in [7, 11) is 0. The molecule has 1 aromatic rings. The summed E-state index contributed by atoms with van der Waals surface area (Å²) in [4.78, 5) is 12.5. The monoisotopic (exact) mass is 249 g/mol. The van der Waals surface area contributed by atoms with E-state index in [2.05, 4.69) is 20.8 Å². The van der Waals surface area contributed by atoms with Gasteiger partial charge in [0, 0.05) is 22.7 Å². The van der Waals surface area contributed by atoms with Gasteiger partial charge in [-0.25, -0.2) is 0 Å². The van der Waals surface area contributed by atoms with Gasteiger partial charge in [-0.15, -0.1) is 0 Å². The number of nitrogens with zero attached hydrogens (tertiary/aromatic N) is 1. The zero-order valence-corrected chi connectivity index (χ0v) is 11.6. The summed E-state index contributed by atoms with van der Waals surface area (Å²) in [5.41, 5.74) is 1.54. The highest BCUT2D eigenvalue weighted by atomic mass is 16.3. The molecule has 1 fully saturated rings. The standard InChI is InChI=1S/C15H23NO2/c1-15(2,3)13-9-8-11(10-17)14(18)16(13)12-6-4-5-7-12/h8-9,12,17H,4-7,10H2,1-3H3. The van der Waals surface area contributed by atoms with Crippen LogP contribution in [0.2, 0.25) is 0 Å². The van der Waals surface area contributed by atoms with Crippen LogP contribution in [0, 0.1) is 0 Å². The summed E-state index contributed by atoms with van der Waals surface area (Å²) in [5, 5.41) is 9.27. The van der Waals surface area contributed by atoms with Crippen molar-refractivity contribution >= 4 is 0 Å². The van der Waals surface area contributed by atoms with Crippen LogP contribution in [-0.2, 0) is 12.0 Å². The first-order valence-corrected chi connectivity index (χ1v) is 6.81. The Balaban J connectivity index is 2.60. The SMILES string of the molecule is CC(C)(C)c1ccc(CO)c(=O)n1C1CCCC1. The number of hydrogen-bond donors (Lipinski definition) is 1. The summed E-state index contributed by atoms with van der Waals surface area (Å²) in [5.74, 6) is 0. The predicted molar refractivity (Wildman–Crippen MR) is 72.8 cm³/mol. The molecule has 0 bridgehead atoms. The van der Waals surface area contributed by atoms with Gasteiger partial charge in [0.05, 0.1) is 6.61 Å². The molecule has 0 aromatic carbocycles. The maximum atomic E-state index is 12.5. The summed E-state index contributed by atoms with van der Waals surface area (Å²) in [6.45, 7) is 6.22. The Morgan fingerprint density at radius 3 is 2.39 bits per heavy atom. The predicted octanol–water partition coefficient (Wildman–Crippen LogP) is 2.75. The number of aromatic nitrogens is 1. The lowest BCUT2D eigenvalue weighted by Gasteiger charge is -2.28. The van der Waals surface area contributed by atoms with E-state index in [1.807, 2.05) is 10.6 Å². The van der Waals surface area contributed by atoms with Gasteiger partial charge in [0.2, 0.25) is 0 Å². The number of rotatable bonds is 2.